The molecule has 4 aromatic rings. The second kappa shape index (κ2) is 14.1. The van der Waals surface area contributed by atoms with Gasteiger partial charge in [-0.25, -0.2) is 4.79 Å². The quantitative estimate of drug-likeness (QED) is 0.168. The van der Waals surface area contributed by atoms with Gasteiger partial charge in [-0.15, -0.1) is 9.42 Å². The van der Waals surface area contributed by atoms with Crippen molar-refractivity contribution in [2.75, 3.05) is 26.1 Å². The molecule has 1 saturated heterocycles. The van der Waals surface area contributed by atoms with Gasteiger partial charge in [0.2, 0.25) is 5.91 Å². The molecule has 0 saturated carbocycles. The third kappa shape index (κ3) is 7.11. The first kappa shape index (κ1) is 32.0. The largest absolute Gasteiger partial charge is 0.695 e. The van der Waals surface area contributed by atoms with Gasteiger partial charge in [0.15, 0.2) is 0 Å². The Morgan fingerprint density at radius 3 is 2.07 bits per heavy atom. The Hall–Kier alpha value is -4.45. The van der Waals surface area contributed by atoms with Crippen molar-refractivity contribution < 1.29 is 37.7 Å². The molecule has 0 radical (unpaired) electrons. The Labute approximate surface area is 260 Å². The number of ether oxygens (including phenoxy) is 4. The number of carbonyl (C=O) groups is 1. The lowest BCUT2D eigenvalue weighted by Gasteiger charge is -2.37. The van der Waals surface area contributed by atoms with Crippen molar-refractivity contribution in [1.29, 1.82) is 0 Å². The van der Waals surface area contributed by atoms with Crippen LogP contribution in [0, 0.1) is 0 Å². The van der Waals surface area contributed by atoms with Crippen molar-refractivity contribution in [1.82, 2.24) is 9.55 Å². The van der Waals surface area contributed by atoms with Crippen LogP contribution in [0.15, 0.2) is 95.9 Å². The highest BCUT2D eigenvalue weighted by atomic mass is 31.1. The predicted octanol–water partition coefficient (Wildman–Crippen LogP) is 4.55. The third-order valence-corrected chi connectivity index (χ3v) is 7.94. The number of anilines is 1. The van der Waals surface area contributed by atoms with Crippen molar-refractivity contribution in [2.24, 2.45) is 0 Å². The molecule has 1 unspecified atom stereocenters. The molecule has 2 N–H and O–H groups in total. The Morgan fingerprint density at radius 2 is 1.56 bits per heavy atom. The van der Waals surface area contributed by atoms with Crippen LogP contribution in [-0.4, -0.2) is 53.4 Å². The zero-order valence-electron chi connectivity index (χ0n) is 24.9. The number of nitrogens with zero attached hydrogens (tertiary/aromatic N) is 2. The van der Waals surface area contributed by atoms with Gasteiger partial charge in [-0.2, -0.15) is 4.98 Å². The molecule has 0 spiro atoms. The molecule has 0 aliphatic carbocycles. The number of hydrogen-bond donors (Lipinski definition) is 2. The minimum absolute atomic E-state index is 0.0696. The van der Waals surface area contributed by atoms with Crippen LogP contribution in [0.25, 0.3) is 0 Å². The summed E-state index contributed by atoms with van der Waals surface area (Å²) in [6.07, 6.45) is -1.13. The first-order valence-corrected chi connectivity index (χ1v) is 15.2. The molecule has 12 nitrogen and oxygen atoms in total. The van der Waals surface area contributed by atoms with Crippen molar-refractivity contribution in [3.05, 3.63) is 118 Å². The van der Waals surface area contributed by atoms with Crippen molar-refractivity contribution in [2.45, 2.75) is 37.4 Å². The van der Waals surface area contributed by atoms with Crippen molar-refractivity contribution >= 4 is 20.0 Å². The summed E-state index contributed by atoms with van der Waals surface area (Å²) in [7, 11) is 0.187. The fourth-order valence-corrected chi connectivity index (χ4v) is 5.86. The highest BCUT2D eigenvalue weighted by Gasteiger charge is 2.46. The van der Waals surface area contributed by atoms with Crippen LogP contribution >= 0.6 is 8.25 Å². The number of carbonyl (C=O) groups excluding carboxylic acids is 1. The summed E-state index contributed by atoms with van der Waals surface area (Å²) in [5.74, 6) is 1.06. The summed E-state index contributed by atoms with van der Waals surface area (Å²) in [6.45, 7) is 1.21. The lowest BCUT2D eigenvalue weighted by Crippen LogP contribution is -2.38. The van der Waals surface area contributed by atoms with E-state index in [-0.39, 0.29) is 24.8 Å². The lowest BCUT2D eigenvalue weighted by molar-refractivity contribution is -0.114. The number of hydrogen-bond acceptors (Lipinski definition) is 9. The van der Waals surface area contributed by atoms with Gasteiger partial charge in [-0.1, -0.05) is 54.6 Å². The number of benzene rings is 3. The number of nitrogens with one attached hydrogen (secondary N) is 1. The summed E-state index contributed by atoms with van der Waals surface area (Å²) in [4.78, 5) is 37.8. The Morgan fingerprint density at radius 1 is 0.978 bits per heavy atom. The maximum Gasteiger partial charge on any atom is 0.695 e. The van der Waals surface area contributed by atoms with Crippen LogP contribution in [0.5, 0.6) is 11.5 Å². The van der Waals surface area contributed by atoms with E-state index in [2.05, 4.69) is 10.3 Å². The molecule has 1 aromatic heterocycles. The molecule has 234 valence electrons. The molecule has 1 aliphatic heterocycles. The van der Waals surface area contributed by atoms with E-state index in [1.165, 1.54) is 23.8 Å². The highest BCUT2D eigenvalue weighted by molar-refractivity contribution is 7.32. The predicted molar refractivity (Wildman–Crippen MR) is 164 cm³/mol. The Bertz CT molecular complexity index is 1630. The number of amides is 1. The fourth-order valence-electron chi connectivity index (χ4n) is 5.41. The van der Waals surface area contributed by atoms with E-state index in [0.29, 0.717) is 11.5 Å². The van der Waals surface area contributed by atoms with Gasteiger partial charge in [0.1, 0.15) is 41.4 Å². The van der Waals surface area contributed by atoms with Crippen LogP contribution in [0.1, 0.15) is 36.3 Å². The average molecular weight is 635 g/mol. The van der Waals surface area contributed by atoms with Gasteiger partial charge < -0.3 is 24.3 Å². The van der Waals surface area contributed by atoms with Crippen molar-refractivity contribution in [3.8, 4) is 11.5 Å². The molecule has 45 heavy (non-hydrogen) atoms. The molecule has 0 bridgehead atoms. The lowest BCUT2D eigenvalue weighted by atomic mass is 9.80. The van der Waals surface area contributed by atoms with Gasteiger partial charge in [0.25, 0.3) is 0 Å². The molecule has 5 rings (SSSR count). The SMILES string of the molecule is COc1ccc(C(OC[C@H]2O[C@@H](n3ccc(NC(C)=O)nc3=O)C[C@@H]2O[P+](=O)O)(c2ccccc2)c2ccc(OC)cc2)cc1. The van der Waals surface area contributed by atoms with Crippen molar-refractivity contribution in [3.63, 3.8) is 0 Å². The van der Waals surface area contributed by atoms with Gasteiger partial charge in [0, 0.05) is 24.1 Å². The van der Waals surface area contributed by atoms with E-state index < -0.39 is 38.0 Å². The molecular weight excluding hydrogens is 601 g/mol. The molecule has 4 atom stereocenters. The third-order valence-electron chi connectivity index (χ3n) is 7.49. The molecule has 13 heteroatoms. The second-order valence-corrected chi connectivity index (χ2v) is 10.9. The smallest absolute Gasteiger partial charge is 0.497 e. The van der Waals surface area contributed by atoms with Gasteiger partial charge >= 0.3 is 13.9 Å². The summed E-state index contributed by atoms with van der Waals surface area (Å²) >= 11 is 0. The van der Waals surface area contributed by atoms with Crippen LogP contribution in [0.2, 0.25) is 0 Å². The second-order valence-electron chi connectivity index (χ2n) is 10.2. The first-order chi connectivity index (χ1) is 21.7. The summed E-state index contributed by atoms with van der Waals surface area (Å²) in [5.41, 5.74) is 0.540. The van der Waals surface area contributed by atoms with E-state index in [0.717, 1.165) is 16.7 Å². The van der Waals surface area contributed by atoms with Gasteiger partial charge in [-0.3, -0.25) is 9.36 Å². The van der Waals surface area contributed by atoms with E-state index in [9.17, 15) is 19.0 Å². The minimum atomic E-state index is -2.99. The monoisotopic (exact) mass is 634 g/mol. The zero-order chi connectivity index (χ0) is 32.0. The topological polar surface area (TPSA) is 147 Å². The van der Waals surface area contributed by atoms with E-state index in [1.54, 1.807) is 14.2 Å². The molecule has 1 amide bonds. The maximum absolute atomic E-state index is 12.8. The highest BCUT2D eigenvalue weighted by Crippen LogP contribution is 2.43. The van der Waals surface area contributed by atoms with Gasteiger partial charge in [-0.05, 0) is 47.0 Å². The first-order valence-electron chi connectivity index (χ1n) is 14.1. The van der Waals surface area contributed by atoms with Crippen LogP contribution < -0.4 is 20.5 Å². The van der Waals surface area contributed by atoms with E-state index >= 15 is 0 Å². The average Bonchev–Trinajstić information content (AvgIpc) is 3.43. The standard InChI is InChI=1S/C32H32N3O9P/c1-21(36)33-29-17-18-35(31(37)34-29)30-19-27(44-45(38)39)28(43-30)20-42-32(22-7-5-4-6-8-22,23-9-13-25(40-2)14-10-23)24-11-15-26(41-3)16-12-24/h4-18,27-28,30H,19-20H2,1-3H3,(H-,33,34,36,37,38,39)/p+1/t27-,28+,30+/m0/s1. The fraction of sp³-hybridized carbons (Fsp3) is 0.281. The van der Waals surface area contributed by atoms with E-state index in [1.807, 2.05) is 78.9 Å². The molecule has 1 aliphatic rings. The minimum Gasteiger partial charge on any atom is -0.497 e. The van der Waals surface area contributed by atoms with E-state index in [4.69, 9.17) is 23.5 Å². The summed E-state index contributed by atoms with van der Waals surface area (Å²) in [6, 6.07) is 26.1. The van der Waals surface area contributed by atoms with Crippen LogP contribution in [0.3, 0.4) is 0 Å². The zero-order valence-corrected chi connectivity index (χ0v) is 25.8. The molecule has 3 aromatic carbocycles. The maximum atomic E-state index is 12.8. The normalized spacial score (nSPS) is 18.3. The number of aromatic nitrogens is 2. The molecular formula is C32H33N3O9P+. The van der Waals surface area contributed by atoms with Crippen LogP contribution in [0.4, 0.5) is 5.82 Å². The summed E-state index contributed by atoms with van der Waals surface area (Å²) < 4.78 is 42.4. The number of rotatable bonds is 12. The Kier molecular flexibility index (Phi) is 10.0. The molecule has 1 fully saturated rings. The van der Waals surface area contributed by atoms with Gasteiger partial charge in [0.05, 0.1) is 20.8 Å². The van der Waals surface area contributed by atoms with Crippen LogP contribution in [-0.2, 0) is 29.0 Å². The summed E-state index contributed by atoms with van der Waals surface area (Å²) in [5, 5.41) is 2.47. The Balaban J connectivity index is 1.53. The molecule has 2 heterocycles. The number of methoxy groups -OCH3 is 2.